The molecular weight excluding hydrogens is 354 g/mol. The highest BCUT2D eigenvalue weighted by atomic mass is 32.2. The van der Waals surface area contributed by atoms with Gasteiger partial charge < -0.3 is 5.11 Å². The van der Waals surface area contributed by atoms with Crippen LogP contribution in [0.4, 0.5) is 0 Å². The van der Waals surface area contributed by atoms with Crippen LogP contribution in [0.3, 0.4) is 0 Å². The molecule has 4 nitrogen and oxygen atoms in total. The van der Waals surface area contributed by atoms with Crippen molar-refractivity contribution in [2.24, 2.45) is 0 Å². The van der Waals surface area contributed by atoms with E-state index in [1.54, 1.807) is 36.4 Å². The summed E-state index contributed by atoms with van der Waals surface area (Å²) in [5.41, 5.74) is 2.51. The molecule has 1 heterocycles. The molecular formula is C19H15NO3S2. The van der Waals surface area contributed by atoms with Gasteiger partial charge in [-0.15, -0.1) is 0 Å². The first-order chi connectivity index (χ1) is 12.0. The lowest BCUT2D eigenvalue weighted by Gasteiger charge is -2.23. The predicted octanol–water partition coefficient (Wildman–Crippen LogP) is 4.02. The molecule has 126 valence electrons. The third kappa shape index (κ3) is 3.65. The van der Waals surface area contributed by atoms with E-state index in [9.17, 15) is 14.7 Å². The summed E-state index contributed by atoms with van der Waals surface area (Å²) in [5, 5.41) is 9.65. The average Bonchev–Trinajstić information content (AvgIpc) is 2.86. The van der Waals surface area contributed by atoms with Crippen LogP contribution >= 0.6 is 24.0 Å². The maximum atomic E-state index is 12.8. The van der Waals surface area contributed by atoms with E-state index in [1.807, 2.05) is 31.2 Å². The molecule has 1 aliphatic rings. The van der Waals surface area contributed by atoms with E-state index in [2.05, 4.69) is 0 Å². The molecule has 6 heteroatoms. The van der Waals surface area contributed by atoms with Crippen molar-refractivity contribution in [3.05, 3.63) is 76.2 Å². The molecule has 25 heavy (non-hydrogen) atoms. The monoisotopic (exact) mass is 369 g/mol. The summed E-state index contributed by atoms with van der Waals surface area (Å²) < 4.78 is 0.250. The Morgan fingerprint density at radius 3 is 2.40 bits per heavy atom. The van der Waals surface area contributed by atoms with E-state index in [-0.39, 0.29) is 10.2 Å². The van der Waals surface area contributed by atoms with Crippen molar-refractivity contribution in [2.45, 2.75) is 13.0 Å². The van der Waals surface area contributed by atoms with Gasteiger partial charge in [-0.3, -0.25) is 9.69 Å². The topological polar surface area (TPSA) is 57.6 Å². The molecule has 2 aromatic carbocycles. The number of benzene rings is 2. The number of aryl methyl sites for hydroxylation is 1. The van der Waals surface area contributed by atoms with E-state index in [4.69, 9.17) is 12.2 Å². The lowest BCUT2D eigenvalue weighted by Crippen LogP contribution is -2.37. The van der Waals surface area contributed by atoms with Gasteiger partial charge in [0.05, 0.1) is 4.91 Å². The summed E-state index contributed by atoms with van der Waals surface area (Å²) in [6.07, 6.45) is 1.74. The van der Waals surface area contributed by atoms with Crippen LogP contribution in [-0.2, 0) is 9.59 Å². The number of hydrogen-bond donors (Lipinski definition) is 1. The highest BCUT2D eigenvalue weighted by Crippen LogP contribution is 2.38. The van der Waals surface area contributed by atoms with Crippen LogP contribution in [-0.4, -0.2) is 26.2 Å². The van der Waals surface area contributed by atoms with Crippen LogP contribution in [0.2, 0.25) is 0 Å². The number of carboxylic acid groups (broad SMARTS) is 1. The van der Waals surface area contributed by atoms with Crippen molar-refractivity contribution in [2.75, 3.05) is 0 Å². The van der Waals surface area contributed by atoms with Crippen LogP contribution < -0.4 is 0 Å². The van der Waals surface area contributed by atoms with Gasteiger partial charge in [-0.2, -0.15) is 0 Å². The van der Waals surface area contributed by atoms with Crippen LogP contribution in [0, 0.1) is 6.92 Å². The molecule has 1 fully saturated rings. The number of rotatable bonds is 4. The van der Waals surface area contributed by atoms with E-state index in [0.29, 0.717) is 10.5 Å². The smallest absolute Gasteiger partial charge is 0.331 e. The molecule has 1 atom stereocenters. The normalized spacial score (nSPS) is 17.2. The van der Waals surface area contributed by atoms with Gasteiger partial charge in [-0.1, -0.05) is 84.1 Å². The van der Waals surface area contributed by atoms with Crippen molar-refractivity contribution in [1.29, 1.82) is 0 Å². The van der Waals surface area contributed by atoms with Crippen molar-refractivity contribution >= 4 is 46.3 Å². The molecule has 0 aliphatic carbocycles. The molecule has 2 aromatic rings. The molecule has 0 aromatic heterocycles. The zero-order valence-electron chi connectivity index (χ0n) is 13.4. The summed E-state index contributed by atoms with van der Waals surface area (Å²) in [7, 11) is 0. The van der Waals surface area contributed by atoms with Crippen molar-refractivity contribution in [1.82, 2.24) is 4.90 Å². The molecule has 0 spiro atoms. The van der Waals surface area contributed by atoms with Crippen molar-refractivity contribution in [3.8, 4) is 0 Å². The summed E-state index contributed by atoms with van der Waals surface area (Å²) in [5.74, 6) is -1.49. The summed E-state index contributed by atoms with van der Waals surface area (Å²) in [6.45, 7) is 1.99. The Kier molecular flexibility index (Phi) is 5.01. The van der Waals surface area contributed by atoms with Gasteiger partial charge in [0, 0.05) is 0 Å². The first-order valence-corrected chi connectivity index (χ1v) is 8.81. The molecule has 1 aliphatic heterocycles. The average molecular weight is 369 g/mol. The maximum Gasteiger partial charge on any atom is 0.331 e. The third-order valence-corrected chi connectivity index (χ3v) is 5.14. The van der Waals surface area contributed by atoms with Gasteiger partial charge in [0.15, 0.2) is 6.04 Å². The minimum Gasteiger partial charge on any atom is -0.479 e. The summed E-state index contributed by atoms with van der Waals surface area (Å²) in [4.78, 5) is 26.2. The quantitative estimate of drug-likeness (QED) is 0.651. The third-order valence-electron chi connectivity index (χ3n) is 3.81. The van der Waals surface area contributed by atoms with Crippen molar-refractivity contribution in [3.63, 3.8) is 0 Å². The van der Waals surface area contributed by atoms with E-state index in [0.717, 1.165) is 22.9 Å². The molecule has 0 bridgehead atoms. The Balaban J connectivity index is 1.95. The second kappa shape index (κ2) is 7.21. The number of nitrogens with zero attached hydrogens (tertiary/aromatic N) is 1. The zero-order chi connectivity index (χ0) is 18.0. The number of carbonyl (C=O) groups is 2. The molecule has 1 saturated heterocycles. The number of amides is 1. The Labute approximate surface area is 155 Å². The standard InChI is InChI=1S/C19H15NO3S2/c1-12-7-9-13(10-8-12)11-15-17(21)20(19(24)25-15)16(18(22)23)14-5-3-2-4-6-14/h2-11,16H,1H3,(H,22,23)/b15-11-. The largest absolute Gasteiger partial charge is 0.479 e. The van der Waals surface area contributed by atoms with Crippen LogP contribution in [0.15, 0.2) is 59.5 Å². The Morgan fingerprint density at radius 1 is 1.16 bits per heavy atom. The Hall–Kier alpha value is -2.44. The van der Waals surface area contributed by atoms with Crippen molar-refractivity contribution < 1.29 is 14.7 Å². The summed E-state index contributed by atoms with van der Waals surface area (Å²) >= 11 is 6.42. The van der Waals surface area contributed by atoms with Gasteiger partial charge in [0.25, 0.3) is 5.91 Å². The zero-order valence-corrected chi connectivity index (χ0v) is 15.0. The van der Waals surface area contributed by atoms with Gasteiger partial charge in [0.2, 0.25) is 0 Å². The number of thioether (sulfide) groups is 1. The van der Waals surface area contributed by atoms with E-state index >= 15 is 0 Å². The number of carbonyl (C=O) groups excluding carboxylic acids is 1. The van der Waals surface area contributed by atoms with Crippen LogP contribution in [0.25, 0.3) is 6.08 Å². The van der Waals surface area contributed by atoms with Gasteiger partial charge in [0.1, 0.15) is 4.32 Å². The lowest BCUT2D eigenvalue weighted by atomic mass is 10.1. The number of thiocarbonyl (C=S) groups is 1. The first kappa shape index (κ1) is 17.4. The lowest BCUT2D eigenvalue weighted by molar-refractivity contribution is -0.145. The number of carboxylic acids is 1. The fourth-order valence-corrected chi connectivity index (χ4v) is 3.87. The Morgan fingerprint density at radius 2 is 1.80 bits per heavy atom. The summed E-state index contributed by atoms with van der Waals surface area (Å²) in [6, 6.07) is 15.2. The fraction of sp³-hybridized carbons (Fsp3) is 0.105. The minimum atomic E-state index is -1.13. The molecule has 1 unspecified atom stereocenters. The molecule has 1 amide bonds. The maximum absolute atomic E-state index is 12.8. The van der Waals surface area contributed by atoms with Crippen LogP contribution in [0.5, 0.6) is 0 Å². The predicted molar refractivity (Wildman–Crippen MR) is 103 cm³/mol. The van der Waals surface area contributed by atoms with Gasteiger partial charge >= 0.3 is 5.97 Å². The second-order valence-electron chi connectivity index (χ2n) is 5.61. The highest BCUT2D eigenvalue weighted by Gasteiger charge is 2.41. The van der Waals surface area contributed by atoms with Crippen LogP contribution in [0.1, 0.15) is 22.7 Å². The number of aliphatic carboxylic acids is 1. The van der Waals surface area contributed by atoms with E-state index in [1.165, 1.54) is 4.90 Å². The molecule has 1 N–H and O–H groups in total. The Bertz CT molecular complexity index is 860. The van der Waals surface area contributed by atoms with Gasteiger partial charge in [-0.05, 0) is 24.1 Å². The molecule has 3 rings (SSSR count). The van der Waals surface area contributed by atoms with Gasteiger partial charge in [-0.25, -0.2) is 4.79 Å². The molecule has 0 radical (unpaired) electrons. The highest BCUT2D eigenvalue weighted by molar-refractivity contribution is 8.26. The minimum absolute atomic E-state index is 0.250. The SMILES string of the molecule is Cc1ccc(/C=C2\SC(=S)N(C(C(=O)O)c3ccccc3)C2=O)cc1. The molecule has 0 saturated carbocycles. The van der Waals surface area contributed by atoms with E-state index < -0.39 is 12.0 Å². The second-order valence-corrected chi connectivity index (χ2v) is 7.29. The first-order valence-electron chi connectivity index (χ1n) is 7.59. The fourth-order valence-electron chi connectivity index (χ4n) is 2.55. The number of hydrogen-bond acceptors (Lipinski definition) is 4.